The fraction of sp³-hybridized carbons (Fsp3) is 0.467. The van der Waals surface area contributed by atoms with Gasteiger partial charge in [0.2, 0.25) is 11.8 Å². The number of aryl methyl sites for hydroxylation is 1. The maximum Gasteiger partial charge on any atom is 0.243 e. The van der Waals surface area contributed by atoms with E-state index < -0.39 is 5.54 Å². The molecule has 0 atom stereocenters. The number of halogens is 2. The maximum absolute atomic E-state index is 12.1. The van der Waals surface area contributed by atoms with E-state index in [9.17, 15) is 9.59 Å². The zero-order valence-corrected chi connectivity index (χ0v) is 15.3. The predicted molar refractivity (Wildman–Crippen MR) is 94.7 cm³/mol. The molecule has 2 amide bonds. The average Bonchev–Trinajstić information content (AvgIpc) is 2.48. The molecule has 128 valence electrons. The first-order valence-electron chi connectivity index (χ1n) is 7.12. The minimum absolute atomic E-state index is 0. The normalized spacial score (nSPS) is 16.1. The number of anilines is 1. The molecule has 1 aliphatic heterocycles. The number of hydrogen-bond acceptors (Lipinski definition) is 4. The molecule has 1 fully saturated rings. The highest BCUT2D eigenvalue weighted by molar-refractivity contribution is 9.10. The Morgan fingerprint density at radius 2 is 2.00 bits per heavy atom. The largest absolute Gasteiger partial charge is 0.381 e. The first kappa shape index (κ1) is 19.9. The predicted octanol–water partition coefficient (Wildman–Crippen LogP) is 1.74. The van der Waals surface area contributed by atoms with Crippen molar-refractivity contribution < 1.29 is 14.3 Å². The number of carbonyl (C=O) groups excluding carboxylic acids is 2. The molecule has 8 heteroatoms. The minimum atomic E-state index is -0.938. The van der Waals surface area contributed by atoms with E-state index >= 15 is 0 Å². The molecule has 1 aromatic carbocycles. The maximum atomic E-state index is 12.1. The highest BCUT2D eigenvalue weighted by Gasteiger charge is 2.35. The van der Waals surface area contributed by atoms with Gasteiger partial charge in [0, 0.05) is 23.4 Å². The number of nitrogens with one attached hydrogen (secondary N) is 2. The van der Waals surface area contributed by atoms with Crippen molar-refractivity contribution in [1.29, 1.82) is 0 Å². The van der Waals surface area contributed by atoms with E-state index in [1.165, 1.54) is 0 Å². The quantitative estimate of drug-likeness (QED) is 0.710. The third-order valence-corrected chi connectivity index (χ3v) is 4.20. The molecule has 0 bridgehead atoms. The van der Waals surface area contributed by atoms with Crippen molar-refractivity contribution in [3.63, 3.8) is 0 Å². The van der Waals surface area contributed by atoms with E-state index in [4.69, 9.17) is 10.5 Å². The monoisotopic (exact) mass is 405 g/mol. The van der Waals surface area contributed by atoms with Gasteiger partial charge in [0.25, 0.3) is 0 Å². The summed E-state index contributed by atoms with van der Waals surface area (Å²) in [6.07, 6.45) is 0.929. The van der Waals surface area contributed by atoms with E-state index in [0.29, 0.717) is 26.1 Å². The summed E-state index contributed by atoms with van der Waals surface area (Å²) in [5.74, 6) is -0.590. The van der Waals surface area contributed by atoms with Gasteiger partial charge in [-0.15, -0.1) is 12.4 Å². The Kier molecular flexibility index (Phi) is 7.47. The summed E-state index contributed by atoms with van der Waals surface area (Å²) in [4.78, 5) is 24.0. The lowest BCUT2D eigenvalue weighted by Crippen LogP contribution is -2.57. The molecule has 6 nitrogen and oxygen atoms in total. The van der Waals surface area contributed by atoms with Gasteiger partial charge in [-0.1, -0.05) is 15.9 Å². The standard InChI is InChI=1S/C15H20BrN3O3.ClH/c1-10-8-11(16)2-3-12(10)19-13(20)9-18-14(21)15(17)4-6-22-7-5-15;/h2-3,8H,4-7,9,17H2,1H3,(H,18,21)(H,19,20);1H. The van der Waals surface area contributed by atoms with Crippen LogP contribution < -0.4 is 16.4 Å². The summed E-state index contributed by atoms with van der Waals surface area (Å²) >= 11 is 3.37. The second-order valence-electron chi connectivity index (χ2n) is 5.46. The van der Waals surface area contributed by atoms with E-state index in [1.807, 2.05) is 25.1 Å². The molecule has 0 spiro atoms. The second kappa shape index (κ2) is 8.63. The average molecular weight is 407 g/mol. The van der Waals surface area contributed by atoms with Gasteiger partial charge in [0.1, 0.15) is 0 Å². The molecule has 1 aromatic rings. The van der Waals surface area contributed by atoms with Crippen LogP contribution in [0.1, 0.15) is 18.4 Å². The van der Waals surface area contributed by atoms with Gasteiger partial charge in [-0.3, -0.25) is 9.59 Å². The number of hydrogen-bond donors (Lipinski definition) is 3. The fourth-order valence-corrected chi connectivity index (χ4v) is 2.74. The Hall–Kier alpha value is -1.15. The van der Waals surface area contributed by atoms with Gasteiger partial charge in [-0.05, 0) is 43.5 Å². The lowest BCUT2D eigenvalue weighted by molar-refractivity contribution is -0.131. The zero-order chi connectivity index (χ0) is 16.2. The van der Waals surface area contributed by atoms with Crippen LogP contribution in [0.15, 0.2) is 22.7 Å². The van der Waals surface area contributed by atoms with Crippen LogP contribution in [0.3, 0.4) is 0 Å². The highest BCUT2D eigenvalue weighted by atomic mass is 79.9. The molecule has 0 saturated carbocycles. The number of rotatable bonds is 4. The van der Waals surface area contributed by atoms with Crippen molar-refractivity contribution in [1.82, 2.24) is 5.32 Å². The summed E-state index contributed by atoms with van der Waals surface area (Å²) < 4.78 is 6.14. The Morgan fingerprint density at radius 3 is 2.61 bits per heavy atom. The van der Waals surface area contributed by atoms with Crippen LogP contribution in [-0.2, 0) is 14.3 Å². The molecular formula is C15H21BrClN3O3. The minimum Gasteiger partial charge on any atom is -0.381 e. The van der Waals surface area contributed by atoms with Crippen LogP contribution in [0, 0.1) is 6.92 Å². The molecule has 1 saturated heterocycles. The zero-order valence-electron chi connectivity index (χ0n) is 12.9. The van der Waals surface area contributed by atoms with Crippen molar-refractivity contribution in [2.75, 3.05) is 25.1 Å². The number of nitrogens with two attached hydrogens (primary N) is 1. The Bertz CT molecular complexity index is 577. The smallest absolute Gasteiger partial charge is 0.243 e. The summed E-state index contributed by atoms with van der Waals surface area (Å²) in [5, 5.41) is 5.37. The number of carbonyl (C=O) groups is 2. The number of benzene rings is 1. The molecule has 1 heterocycles. The lowest BCUT2D eigenvalue weighted by Gasteiger charge is -2.31. The van der Waals surface area contributed by atoms with Crippen LogP contribution in [0.2, 0.25) is 0 Å². The van der Waals surface area contributed by atoms with Gasteiger partial charge < -0.3 is 21.1 Å². The van der Waals surface area contributed by atoms with Crippen molar-refractivity contribution in [3.8, 4) is 0 Å². The van der Waals surface area contributed by atoms with E-state index in [2.05, 4.69) is 26.6 Å². The van der Waals surface area contributed by atoms with Crippen LogP contribution >= 0.6 is 28.3 Å². The molecule has 2 rings (SSSR count). The molecule has 1 aliphatic rings. The van der Waals surface area contributed by atoms with Crippen LogP contribution in [0.4, 0.5) is 5.69 Å². The van der Waals surface area contributed by atoms with Crippen molar-refractivity contribution >= 4 is 45.8 Å². The summed E-state index contributed by atoms with van der Waals surface area (Å²) in [5.41, 5.74) is 6.77. The van der Waals surface area contributed by atoms with Gasteiger partial charge in [0.05, 0.1) is 12.1 Å². The molecule has 0 unspecified atom stereocenters. The molecule has 23 heavy (non-hydrogen) atoms. The van der Waals surface area contributed by atoms with Crippen molar-refractivity contribution in [2.45, 2.75) is 25.3 Å². The molecule has 0 aromatic heterocycles. The first-order chi connectivity index (χ1) is 10.4. The molecule has 0 aliphatic carbocycles. The van der Waals surface area contributed by atoms with Crippen LogP contribution in [-0.4, -0.2) is 37.1 Å². The highest BCUT2D eigenvalue weighted by Crippen LogP contribution is 2.20. The van der Waals surface area contributed by atoms with Crippen molar-refractivity contribution in [3.05, 3.63) is 28.2 Å². The molecule has 4 N–H and O–H groups in total. The number of ether oxygens (including phenoxy) is 1. The first-order valence-corrected chi connectivity index (χ1v) is 7.91. The summed E-state index contributed by atoms with van der Waals surface area (Å²) in [7, 11) is 0. The Labute approximate surface area is 150 Å². The Morgan fingerprint density at radius 1 is 1.35 bits per heavy atom. The molecule has 0 radical (unpaired) electrons. The topological polar surface area (TPSA) is 93.5 Å². The van der Waals surface area contributed by atoms with Gasteiger partial charge in [-0.25, -0.2) is 0 Å². The van der Waals surface area contributed by atoms with Gasteiger partial charge in [-0.2, -0.15) is 0 Å². The number of amides is 2. The Balaban J connectivity index is 0.00000264. The van der Waals surface area contributed by atoms with Gasteiger partial charge in [0.15, 0.2) is 0 Å². The van der Waals surface area contributed by atoms with Gasteiger partial charge >= 0.3 is 0 Å². The second-order valence-corrected chi connectivity index (χ2v) is 6.37. The third-order valence-electron chi connectivity index (χ3n) is 3.71. The third kappa shape index (κ3) is 5.46. The van der Waals surface area contributed by atoms with E-state index in [-0.39, 0.29) is 30.8 Å². The lowest BCUT2D eigenvalue weighted by atomic mass is 9.90. The van der Waals surface area contributed by atoms with Crippen molar-refractivity contribution in [2.24, 2.45) is 5.73 Å². The fourth-order valence-electron chi connectivity index (χ4n) is 2.26. The SMILES string of the molecule is Cc1cc(Br)ccc1NC(=O)CNC(=O)C1(N)CCOCC1.Cl. The van der Waals surface area contributed by atoms with E-state index in [1.54, 1.807) is 0 Å². The summed E-state index contributed by atoms with van der Waals surface area (Å²) in [6.45, 7) is 2.73. The van der Waals surface area contributed by atoms with Crippen LogP contribution in [0.5, 0.6) is 0 Å². The summed E-state index contributed by atoms with van der Waals surface area (Å²) in [6, 6.07) is 5.56. The van der Waals surface area contributed by atoms with E-state index in [0.717, 1.165) is 15.7 Å². The molecular weight excluding hydrogens is 386 g/mol. The van der Waals surface area contributed by atoms with Crippen LogP contribution in [0.25, 0.3) is 0 Å².